The average molecular weight is 401 g/mol. The number of hydrogen-bond acceptors (Lipinski definition) is 5. The van der Waals surface area contributed by atoms with Gasteiger partial charge in [0.1, 0.15) is 5.75 Å². The van der Waals surface area contributed by atoms with E-state index in [0.717, 1.165) is 25.7 Å². The maximum atomic E-state index is 12.3. The number of carbonyl (C=O) groups excluding carboxylic acids is 3. The van der Waals surface area contributed by atoms with Crippen molar-refractivity contribution in [1.82, 2.24) is 10.9 Å². The quantitative estimate of drug-likeness (QED) is 0.668. The standard InChI is InChI=1S/C20H23N3O4S/c21-19(25)14-7-5-8-15(10-14)27-12-18(24)22-23-20(26)17-11-13-6-3-1-2-4-9-16(13)28-17/h5,7-8,10-11H,1-4,6,9,12H2,(H2,21,25)(H,22,24)(H,23,26). The molecule has 4 N–H and O–H groups in total. The Morgan fingerprint density at radius 2 is 1.82 bits per heavy atom. The number of hydrazine groups is 1. The number of benzene rings is 1. The number of primary amides is 1. The first-order valence-corrected chi connectivity index (χ1v) is 10.1. The number of aryl methyl sites for hydroxylation is 2. The summed E-state index contributed by atoms with van der Waals surface area (Å²) in [5.41, 5.74) is 11.5. The zero-order valence-corrected chi connectivity index (χ0v) is 16.3. The minimum atomic E-state index is -0.577. The van der Waals surface area contributed by atoms with E-state index in [1.54, 1.807) is 18.2 Å². The number of rotatable bonds is 5. The highest BCUT2D eigenvalue weighted by molar-refractivity contribution is 7.14. The molecule has 1 heterocycles. The summed E-state index contributed by atoms with van der Waals surface area (Å²) in [6.07, 6.45) is 6.78. The van der Waals surface area contributed by atoms with Crippen LogP contribution >= 0.6 is 11.3 Å². The molecule has 0 aliphatic heterocycles. The fourth-order valence-electron chi connectivity index (χ4n) is 3.07. The zero-order valence-electron chi connectivity index (χ0n) is 15.5. The van der Waals surface area contributed by atoms with Gasteiger partial charge in [0.25, 0.3) is 11.8 Å². The van der Waals surface area contributed by atoms with E-state index in [2.05, 4.69) is 10.9 Å². The van der Waals surface area contributed by atoms with Gasteiger partial charge in [0, 0.05) is 10.4 Å². The summed E-state index contributed by atoms with van der Waals surface area (Å²) in [5.74, 6) is -1.07. The first-order chi connectivity index (χ1) is 13.5. The van der Waals surface area contributed by atoms with Crippen LogP contribution in [0.4, 0.5) is 0 Å². The van der Waals surface area contributed by atoms with Crippen LogP contribution in [0.25, 0.3) is 0 Å². The molecule has 1 aromatic carbocycles. The summed E-state index contributed by atoms with van der Waals surface area (Å²) in [6.45, 7) is -0.302. The van der Waals surface area contributed by atoms with Gasteiger partial charge in [-0.1, -0.05) is 18.9 Å². The second-order valence-corrected chi connectivity index (χ2v) is 7.79. The lowest BCUT2D eigenvalue weighted by Gasteiger charge is -2.08. The van der Waals surface area contributed by atoms with Gasteiger partial charge in [0.15, 0.2) is 6.61 Å². The fourth-order valence-corrected chi connectivity index (χ4v) is 4.22. The number of ether oxygens (including phenoxy) is 1. The topological polar surface area (TPSA) is 111 Å². The largest absolute Gasteiger partial charge is 0.484 e. The Kier molecular flexibility index (Phi) is 6.65. The Hall–Kier alpha value is -2.87. The summed E-state index contributed by atoms with van der Waals surface area (Å²) in [4.78, 5) is 37.3. The van der Waals surface area contributed by atoms with E-state index < -0.39 is 11.8 Å². The van der Waals surface area contributed by atoms with Crippen LogP contribution in [-0.4, -0.2) is 24.3 Å². The van der Waals surface area contributed by atoms with Gasteiger partial charge in [-0.15, -0.1) is 11.3 Å². The van der Waals surface area contributed by atoms with Crippen molar-refractivity contribution in [3.8, 4) is 5.75 Å². The molecule has 0 radical (unpaired) electrons. The van der Waals surface area contributed by atoms with Crippen molar-refractivity contribution in [1.29, 1.82) is 0 Å². The summed E-state index contributed by atoms with van der Waals surface area (Å²) in [6, 6.07) is 8.16. The van der Waals surface area contributed by atoms with Gasteiger partial charge in [0.2, 0.25) is 5.91 Å². The molecule has 0 saturated carbocycles. The van der Waals surface area contributed by atoms with Crippen molar-refractivity contribution in [2.45, 2.75) is 38.5 Å². The fraction of sp³-hybridized carbons (Fsp3) is 0.350. The predicted molar refractivity (Wildman–Crippen MR) is 106 cm³/mol. The van der Waals surface area contributed by atoms with Crippen LogP contribution in [0.15, 0.2) is 30.3 Å². The third-order valence-electron chi connectivity index (χ3n) is 4.52. The number of amides is 3. The van der Waals surface area contributed by atoms with Crippen LogP contribution in [0.3, 0.4) is 0 Å². The Labute approximate surface area is 167 Å². The van der Waals surface area contributed by atoms with Crippen molar-refractivity contribution in [3.63, 3.8) is 0 Å². The van der Waals surface area contributed by atoms with E-state index in [0.29, 0.717) is 16.2 Å². The monoisotopic (exact) mass is 401 g/mol. The third kappa shape index (κ3) is 5.32. The lowest BCUT2D eigenvalue weighted by atomic mass is 10.00. The molecule has 1 aliphatic carbocycles. The maximum absolute atomic E-state index is 12.3. The second-order valence-electron chi connectivity index (χ2n) is 6.66. The lowest BCUT2D eigenvalue weighted by Crippen LogP contribution is -2.43. The smallest absolute Gasteiger partial charge is 0.279 e. The molecule has 0 atom stereocenters. The lowest BCUT2D eigenvalue weighted by molar-refractivity contribution is -0.123. The highest BCUT2D eigenvalue weighted by Gasteiger charge is 2.16. The van der Waals surface area contributed by atoms with E-state index >= 15 is 0 Å². The Morgan fingerprint density at radius 3 is 2.61 bits per heavy atom. The molecule has 1 aliphatic rings. The molecule has 0 saturated heterocycles. The van der Waals surface area contributed by atoms with Crippen LogP contribution < -0.4 is 21.3 Å². The number of nitrogens with one attached hydrogen (secondary N) is 2. The number of thiophene rings is 1. The molecule has 0 bridgehead atoms. The molecule has 28 heavy (non-hydrogen) atoms. The second kappa shape index (κ2) is 9.36. The van der Waals surface area contributed by atoms with Gasteiger partial charge in [-0.2, -0.15) is 0 Å². The summed E-state index contributed by atoms with van der Waals surface area (Å²) >= 11 is 1.49. The number of carbonyl (C=O) groups is 3. The van der Waals surface area contributed by atoms with Crippen molar-refractivity contribution in [2.75, 3.05) is 6.61 Å². The molecule has 7 nitrogen and oxygen atoms in total. The van der Waals surface area contributed by atoms with Crippen molar-refractivity contribution in [2.24, 2.45) is 5.73 Å². The Morgan fingerprint density at radius 1 is 1.04 bits per heavy atom. The van der Waals surface area contributed by atoms with Crippen LogP contribution in [-0.2, 0) is 17.6 Å². The SMILES string of the molecule is NC(=O)c1cccc(OCC(=O)NNC(=O)c2cc3c(s2)CCCCCC3)c1. The highest BCUT2D eigenvalue weighted by Crippen LogP contribution is 2.28. The third-order valence-corrected chi connectivity index (χ3v) is 5.76. The van der Waals surface area contributed by atoms with E-state index in [-0.39, 0.29) is 12.5 Å². The van der Waals surface area contributed by atoms with Gasteiger partial charge >= 0.3 is 0 Å². The molecule has 8 heteroatoms. The van der Waals surface area contributed by atoms with Crippen LogP contribution in [0, 0.1) is 0 Å². The van der Waals surface area contributed by atoms with Gasteiger partial charge in [-0.25, -0.2) is 0 Å². The molecular formula is C20H23N3O4S. The number of nitrogens with two attached hydrogens (primary N) is 1. The van der Waals surface area contributed by atoms with Gasteiger partial charge in [-0.05, 0) is 55.5 Å². The minimum Gasteiger partial charge on any atom is -0.484 e. The zero-order chi connectivity index (χ0) is 19.9. The highest BCUT2D eigenvalue weighted by atomic mass is 32.1. The van der Waals surface area contributed by atoms with Gasteiger partial charge in [0.05, 0.1) is 4.88 Å². The first-order valence-electron chi connectivity index (χ1n) is 9.26. The minimum absolute atomic E-state index is 0.291. The van der Waals surface area contributed by atoms with Crippen LogP contribution in [0.2, 0.25) is 0 Å². The Balaban J connectivity index is 1.49. The summed E-state index contributed by atoms with van der Waals surface area (Å²) in [7, 11) is 0. The van der Waals surface area contributed by atoms with Crippen molar-refractivity contribution in [3.05, 3.63) is 51.2 Å². The number of hydrogen-bond donors (Lipinski definition) is 3. The van der Waals surface area contributed by atoms with Crippen LogP contribution in [0.1, 0.15) is 56.2 Å². The van der Waals surface area contributed by atoms with Crippen LogP contribution in [0.5, 0.6) is 5.75 Å². The van der Waals surface area contributed by atoms with Crippen molar-refractivity contribution >= 4 is 29.1 Å². The number of fused-ring (bicyclic) bond motifs is 1. The van der Waals surface area contributed by atoms with E-state index in [9.17, 15) is 14.4 Å². The molecule has 0 spiro atoms. The maximum Gasteiger partial charge on any atom is 0.279 e. The van der Waals surface area contributed by atoms with E-state index in [4.69, 9.17) is 10.5 Å². The molecule has 3 rings (SSSR count). The normalized spacial score (nSPS) is 13.6. The van der Waals surface area contributed by atoms with E-state index in [1.165, 1.54) is 40.7 Å². The summed E-state index contributed by atoms with van der Waals surface area (Å²) in [5, 5.41) is 0. The molecular weight excluding hydrogens is 378 g/mol. The average Bonchev–Trinajstić information content (AvgIpc) is 3.06. The van der Waals surface area contributed by atoms with Gasteiger partial charge < -0.3 is 10.5 Å². The Bertz CT molecular complexity index is 853. The summed E-state index contributed by atoms with van der Waals surface area (Å²) < 4.78 is 5.32. The molecule has 1 aromatic heterocycles. The predicted octanol–water partition coefficient (Wildman–Crippen LogP) is 2.35. The van der Waals surface area contributed by atoms with Gasteiger partial charge in [-0.3, -0.25) is 25.2 Å². The van der Waals surface area contributed by atoms with Crippen molar-refractivity contribution < 1.29 is 19.1 Å². The molecule has 2 aromatic rings. The first kappa shape index (κ1) is 19.9. The molecule has 148 valence electrons. The molecule has 3 amide bonds. The van der Waals surface area contributed by atoms with E-state index in [1.807, 2.05) is 6.07 Å². The molecule has 0 fully saturated rings. The molecule has 0 unspecified atom stereocenters.